The largest absolute Gasteiger partial charge is 0.484 e. The van der Waals surface area contributed by atoms with Crippen LogP contribution in [0.2, 0.25) is 0 Å². The number of ether oxygens (including phenoxy) is 1. The number of nitrogens with zero attached hydrogens (tertiary/aromatic N) is 3. The maximum Gasteiger partial charge on any atom is 0.261 e. The number of amides is 2. The van der Waals surface area contributed by atoms with Crippen molar-refractivity contribution in [3.8, 4) is 5.75 Å². The van der Waals surface area contributed by atoms with Gasteiger partial charge in [0.05, 0.1) is 17.3 Å². The van der Waals surface area contributed by atoms with Crippen molar-refractivity contribution in [3.05, 3.63) is 83.9 Å². The van der Waals surface area contributed by atoms with Gasteiger partial charge in [-0.25, -0.2) is 9.97 Å². The second-order valence-corrected chi connectivity index (χ2v) is 7.75. The minimum absolute atomic E-state index is 0.0307. The fraction of sp³-hybridized carbons (Fsp3) is 0.280. The van der Waals surface area contributed by atoms with Crippen molar-refractivity contribution in [2.45, 2.75) is 32.2 Å². The van der Waals surface area contributed by atoms with E-state index in [1.807, 2.05) is 60.7 Å². The van der Waals surface area contributed by atoms with Gasteiger partial charge in [-0.1, -0.05) is 36.4 Å². The first kappa shape index (κ1) is 21.5. The van der Waals surface area contributed by atoms with E-state index in [0.29, 0.717) is 35.1 Å². The monoisotopic (exact) mass is 430 g/mol. The van der Waals surface area contributed by atoms with Gasteiger partial charge in [0.25, 0.3) is 11.8 Å². The number of hydrogen-bond acceptors (Lipinski definition) is 5. The van der Waals surface area contributed by atoms with Crippen LogP contribution in [-0.2, 0) is 4.79 Å². The standard InChI is InChI=1S/C25H26N4O3/c1-18-21(25(31)28-19-10-4-2-5-11-19)16-26-24(27-18)22-14-8-9-15-29(22)23(30)17-32-20-12-6-3-7-13-20/h2-7,10-13,16,22H,8-9,14-15,17H2,1H3,(H,28,31)/t22-/m1/s1. The average molecular weight is 431 g/mol. The lowest BCUT2D eigenvalue weighted by molar-refractivity contribution is -0.137. The number of rotatable bonds is 6. The smallest absolute Gasteiger partial charge is 0.261 e. The third-order valence-electron chi connectivity index (χ3n) is 5.50. The van der Waals surface area contributed by atoms with E-state index in [4.69, 9.17) is 4.74 Å². The van der Waals surface area contributed by atoms with E-state index in [1.165, 1.54) is 0 Å². The minimum atomic E-state index is -0.256. The molecule has 1 fully saturated rings. The van der Waals surface area contributed by atoms with Crippen LogP contribution in [0.3, 0.4) is 0 Å². The predicted molar refractivity (Wildman–Crippen MR) is 121 cm³/mol. The van der Waals surface area contributed by atoms with E-state index in [2.05, 4.69) is 15.3 Å². The van der Waals surface area contributed by atoms with Crippen LogP contribution in [0.15, 0.2) is 66.9 Å². The highest BCUT2D eigenvalue weighted by Gasteiger charge is 2.30. The third-order valence-corrected chi connectivity index (χ3v) is 5.50. The fourth-order valence-corrected chi connectivity index (χ4v) is 3.83. The molecule has 7 heteroatoms. The number of hydrogen-bond donors (Lipinski definition) is 1. The zero-order valence-corrected chi connectivity index (χ0v) is 18.0. The van der Waals surface area contributed by atoms with Crippen LogP contribution in [-0.4, -0.2) is 39.8 Å². The number of piperidine rings is 1. The summed E-state index contributed by atoms with van der Waals surface area (Å²) in [7, 11) is 0. The van der Waals surface area contributed by atoms with Gasteiger partial charge in [0, 0.05) is 18.4 Å². The Bertz CT molecular complexity index is 1070. The first-order valence-electron chi connectivity index (χ1n) is 10.8. The Kier molecular flexibility index (Phi) is 6.75. The van der Waals surface area contributed by atoms with Gasteiger partial charge in [0.2, 0.25) is 0 Å². The van der Waals surface area contributed by atoms with Gasteiger partial charge in [0.15, 0.2) is 12.4 Å². The molecule has 4 rings (SSSR count). The van der Waals surface area contributed by atoms with Crippen molar-refractivity contribution in [1.29, 1.82) is 0 Å². The van der Waals surface area contributed by atoms with Crippen LogP contribution >= 0.6 is 0 Å². The highest BCUT2D eigenvalue weighted by molar-refractivity contribution is 6.04. The SMILES string of the molecule is Cc1nc([C@H]2CCCCN2C(=O)COc2ccccc2)ncc1C(=O)Nc1ccccc1. The molecule has 3 aromatic rings. The normalized spacial score (nSPS) is 15.8. The molecule has 1 aliphatic rings. The molecule has 0 spiro atoms. The van der Waals surface area contributed by atoms with Gasteiger partial charge in [-0.3, -0.25) is 9.59 Å². The molecule has 7 nitrogen and oxygen atoms in total. The number of aryl methyl sites for hydroxylation is 1. The summed E-state index contributed by atoms with van der Waals surface area (Å²) in [5, 5.41) is 2.86. The van der Waals surface area contributed by atoms with Crippen molar-refractivity contribution < 1.29 is 14.3 Å². The highest BCUT2D eigenvalue weighted by Crippen LogP contribution is 2.29. The predicted octanol–water partition coefficient (Wildman–Crippen LogP) is 4.17. The lowest BCUT2D eigenvalue weighted by Crippen LogP contribution is -2.41. The van der Waals surface area contributed by atoms with Crippen LogP contribution in [0, 0.1) is 6.92 Å². The zero-order valence-electron chi connectivity index (χ0n) is 18.0. The summed E-state index contributed by atoms with van der Waals surface area (Å²) >= 11 is 0. The molecule has 1 aliphatic heterocycles. The van der Waals surface area contributed by atoms with Crippen LogP contribution < -0.4 is 10.1 Å². The maximum atomic E-state index is 12.9. The Morgan fingerprint density at radius 3 is 2.50 bits per heavy atom. The van der Waals surface area contributed by atoms with Crippen molar-refractivity contribution in [2.75, 3.05) is 18.5 Å². The van der Waals surface area contributed by atoms with Gasteiger partial charge in [-0.2, -0.15) is 0 Å². The number of para-hydroxylation sites is 2. The summed E-state index contributed by atoms with van der Waals surface area (Å²) in [5.41, 5.74) is 1.71. The van der Waals surface area contributed by atoms with E-state index < -0.39 is 0 Å². The van der Waals surface area contributed by atoms with E-state index in [9.17, 15) is 9.59 Å². The number of benzene rings is 2. The van der Waals surface area contributed by atoms with Crippen LogP contribution in [0.5, 0.6) is 5.75 Å². The van der Waals surface area contributed by atoms with Crippen molar-refractivity contribution >= 4 is 17.5 Å². The molecule has 0 aliphatic carbocycles. The summed E-state index contributed by atoms with van der Waals surface area (Å²) < 4.78 is 5.65. The summed E-state index contributed by atoms with van der Waals surface area (Å²) in [5.74, 6) is 0.876. The Hall–Kier alpha value is -3.74. The Labute approximate surface area is 187 Å². The molecule has 1 N–H and O–H groups in total. The zero-order chi connectivity index (χ0) is 22.3. The van der Waals surface area contributed by atoms with E-state index >= 15 is 0 Å². The Morgan fingerprint density at radius 1 is 1.06 bits per heavy atom. The lowest BCUT2D eigenvalue weighted by Gasteiger charge is -2.34. The van der Waals surface area contributed by atoms with Crippen LogP contribution in [0.25, 0.3) is 0 Å². The van der Waals surface area contributed by atoms with Crippen molar-refractivity contribution in [2.24, 2.45) is 0 Å². The number of carbonyl (C=O) groups is 2. The van der Waals surface area contributed by atoms with Gasteiger partial charge in [-0.05, 0) is 50.5 Å². The van der Waals surface area contributed by atoms with Crippen molar-refractivity contribution in [3.63, 3.8) is 0 Å². The Balaban J connectivity index is 1.46. The summed E-state index contributed by atoms with van der Waals surface area (Å²) in [4.78, 5) is 36.4. The van der Waals surface area contributed by atoms with E-state index in [1.54, 1.807) is 18.0 Å². The van der Waals surface area contributed by atoms with Gasteiger partial charge in [0.1, 0.15) is 5.75 Å². The summed E-state index contributed by atoms with van der Waals surface area (Å²) in [6.45, 7) is 2.40. The molecular weight excluding hydrogens is 404 g/mol. The fourth-order valence-electron chi connectivity index (χ4n) is 3.83. The molecule has 0 radical (unpaired) electrons. The molecule has 1 aromatic heterocycles. The average Bonchev–Trinajstić information content (AvgIpc) is 2.83. The van der Waals surface area contributed by atoms with Gasteiger partial charge in [-0.15, -0.1) is 0 Å². The molecule has 0 unspecified atom stereocenters. The summed E-state index contributed by atoms with van der Waals surface area (Å²) in [6.07, 6.45) is 4.26. The molecular formula is C25H26N4O3. The minimum Gasteiger partial charge on any atom is -0.484 e. The number of nitrogens with one attached hydrogen (secondary N) is 1. The summed E-state index contributed by atoms with van der Waals surface area (Å²) in [6, 6.07) is 18.3. The molecule has 32 heavy (non-hydrogen) atoms. The topological polar surface area (TPSA) is 84.4 Å². The highest BCUT2D eigenvalue weighted by atomic mass is 16.5. The van der Waals surface area contributed by atoms with Crippen molar-refractivity contribution in [1.82, 2.24) is 14.9 Å². The molecule has 164 valence electrons. The maximum absolute atomic E-state index is 12.9. The lowest BCUT2D eigenvalue weighted by atomic mass is 10.0. The number of aromatic nitrogens is 2. The quantitative estimate of drug-likeness (QED) is 0.635. The third kappa shape index (κ3) is 5.11. The number of anilines is 1. The molecule has 1 saturated heterocycles. The number of likely N-dealkylation sites (tertiary alicyclic amines) is 1. The first-order valence-corrected chi connectivity index (χ1v) is 10.8. The molecule has 1 atom stereocenters. The van der Waals surface area contributed by atoms with Crippen LogP contribution in [0.4, 0.5) is 5.69 Å². The number of carbonyl (C=O) groups excluding carboxylic acids is 2. The first-order chi connectivity index (χ1) is 15.6. The van der Waals surface area contributed by atoms with Crippen LogP contribution in [0.1, 0.15) is 47.2 Å². The van der Waals surface area contributed by atoms with E-state index in [-0.39, 0.29) is 24.5 Å². The van der Waals surface area contributed by atoms with Gasteiger partial charge >= 0.3 is 0 Å². The second-order valence-electron chi connectivity index (χ2n) is 7.75. The second kappa shape index (κ2) is 10.0. The molecule has 2 heterocycles. The molecule has 0 bridgehead atoms. The van der Waals surface area contributed by atoms with E-state index in [0.717, 1.165) is 19.3 Å². The molecule has 2 aromatic carbocycles. The Morgan fingerprint density at radius 2 is 1.78 bits per heavy atom. The molecule has 0 saturated carbocycles. The van der Waals surface area contributed by atoms with Gasteiger partial charge < -0.3 is 15.0 Å². The molecule has 2 amide bonds.